The molecule has 12 N–H and O–H groups in total. The van der Waals surface area contributed by atoms with Crippen LogP contribution in [-0.4, -0.2) is 155 Å². The molecule has 0 aliphatic heterocycles. The lowest BCUT2D eigenvalue weighted by atomic mass is 10.1. The SMILES string of the molecule is Nc1c(-c2nc(Nc3cccc(S(=O)(=O)O)c3)nc(N(CCO)CCO)n2)ccc(C=Cc2ccc(-c3nc(Nc4cccc(S(=O)(=O)O)c4)nc(N(CCO)CCO)n3)cc2S(=O)(=O)O)c1S(=O)(=O)O. The van der Waals surface area contributed by atoms with Gasteiger partial charge in [-0.1, -0.05) is 42.5 Å². The normalized spacial score (nSPS) is 12.3. The van der Waals surface area contributed by atoms with Crippen LogP contribution in [0.2, 0.25) is 0 Å². The van der Waals surface area contributed by atoms with E-state index in [0.717, 1.165) is 48.6 Å². The molecule has 6 rings (SSSR count). The molecular formula is C40H43N11O16S4. The molecule has 0 atom stereocenters. The van der Waals surface area contributed by atoms with E-state index in [1.54, 1.807) is 0 Å². The average Bonchev–Trinajstić information content (AvgIpc) is 3.29. The predicted octanol–water partition coefficient (Wildman–Crippen LogP) is 1.20. The van der Waals surface area contributed by atoms with Crippen molar-refractivity contribution in [3.05, 3.63) is 90.0 Å². The average molecular weight is 1060 g/mol. The minimum absolute atomic E-state index is 0.0493. The Bertz CT molecular complexity index is 3430. The molecule has 0 aliphatic rings. The fraction of sp³-hybridized carbons (Fsp3) is 0.200. The van der Waals surface area contributed by atoms with Crippen LogP contribution in [0.25, 0.3) is 34.9 Å². The van der Waals surface area contributed by atoms with Gasteiger partial charge in [0.2, 0.25) is 23.8 Å². The number of hydrogen-bond donors (Lipinski definition) is 11. The Hall–Kier alpha value is -6.88. The van der Waals surface area contributed by atoms with Crippen LogP contribution in [0.15, 0.2) is 98.4 Å². The largest absolute Gasteiger partial charge is 0.397 e. The summed E-state index contributed by atoms with van der Waals surface area (Å²) in [6.45, 7) is -2.17. The molecule has 0 spiro atoms. The fourth-order valence-corrected chi connectivity index (χ4v) is 9.24. The van der Waals surface area contributed by atoms with E-state index in [-0.39, 0.29) is 95.2 Å². The van der Waals surface area contributed by atoms with Gasteiger partial charge < -0.3 is 46.6 Å². The third-order valence-corrected chi connectivity index (χ3v) is 13.4. The third kappa shape index (κ3) is 13.5. The maximum Gasteiger partial charge on any atom is 0.297 e. The Kier molecular flexibility index (Phi) is 16.6. The van der Waals surface area contributed by atoms with Crippen LogP contribution in [0.3, 0.4) is 0 Å². The number of nitrogens with one attached hydrogen (secondary N) is 2. The minimum Gasteiger partial charge on any atom is -0.397 e. The van der Waals surface area contributed by atoms with Crippen molar-refractivity contribution < 1.29 is 72.3 Å². The summed E-state index contributed by atoms with van der Waals surface area (Å²) in [5, 5.41) is 44.4. The molecule has 0 unspecified atom stereocenters. The molecule has 4 aromatic carbocycles. The zero-order chi connectivity index (χ0) is 51.9. The molecular weight excluding hydrogens is 1020 g/mol. The first-order valence-electron chi connectivity index (χ1n) is 20.3. The third-order valence-electron chi connectivity index (χ3n) is 9.79. The molecule has 6 aromatic rings. The summed E-state index contributed by atoms with van der Waals surface area (Å²) in [7, 11) is -19.7. The van der Waals surface area contributed by atoms with Gasteiger partial charge in [0.25, 0.3) is 40.5 Å². The molecule has 0 saturated heterocycles. The van der Waals surface area contributed by atoms with Crippen LogP contribution < -0.4 is 26.2 Å². The van der Waals surface area contributed by atoms with Gasteiger partial charge in [-0.15, -0.1) is 0 Å². The number of nitrogens with zero attached hydrogens (tertiary/aromatic N) is 8. The van der Waals surface area contributed by atoms with E-state index < -0.39 is 92.2 Å². The van der Waals surface area contributed by atoms with Gasteiger partial charge in [0.05, 0.1) is 41.9 Å². The van der Waals surface area contributed by atoms with Gasteiger partial charge in [0, 0.05) is 48.7 Å². The van der Waals surface area contributed by atoms with Crippen molar-refractivity contribution in [1.29, 1.82) is 0 Å². The summed E-state index contributed by atoms with van der Waals surface area (Å²) in [5.41, 5.74) is 5.04. The molecule has 71 heavy (non-hydrogen) atoms. The highest BCUT2D eigenvalue weighted by Crippen LogP contribution is 2.35. The molecule has 378 valence electrons. The number of benzene rings is 4. The summed E-state index contributed by atoms with van der Waals surface area (Å²) in [6.07, 6.45) is 2.12. The number of aliphatic hydroxyl groups excluding tert-OH is 4. The second kappa shape index (κ2) is 22.0. The lowest BCUT2D eigenvalue weighted by Crippen LogP contribution is -2.31. The van der Waals surface area contributed by atoms with Gasteiger partial charge in [-0.2, -0.15) is 63.6 Å². The standard InChI is InChI=1S/C40H43N11O16S4/c41-33-31(36-45-38(49-40(47-36)51(15-19-54)16-20-55)43-28-4-2-6-30(23-28)69(59,60)61)12-11-25(34(33)71(65,66)67)9-7-24-8-10-26(21-32(24)70(62,63)64)35-44-37(48-39(46-35)50(13-17-52)14-18-53)42-27-3-1-5-29(22-27)68(56,57)58/h1-12,21-23,52-55H,13-20,41H2,(H,56,57,58)(H,59,60,61)(H,62,63,64)(H,65,66,67)(H,42,44,46,48)(H,43,45,47,49). The van der Waals surface area contributed by atoms with Gasteiger partial charge in [-0.25, -0.2) is 0 Å². The van der Waals surface area contributed by atoms with Crippen molar-refractivity contribution in [3.63, 3.8) is 0 Å². The Balaban J connectivity index is 1.44. The van der Waals surface area contributed by atoms with Crippen LogP contribution in [0, 0.1) is 0 Å². The maximum absolute atomic E-state index is 13.0. The summed E-state index contributed by atoms with van der Waals surface area (Å²) in [5.74, 6) is -1.48. The Morgan fingerprint density at radius 3 is 1.41 bits per heavy atom. The van der Waals surface area contributed by atoms with E-state index in [9.17, 15) is 72.3 Å². The van der Waals surface area contributed by atoms with Crippen molar-refractivity contribution >= 4 is 93.5 Å². The Morgan fingerprint density at radius 1 is 0.507 bits per heavy atom. The van der Waals surface area contributed by atoms with Crippen molar-refractivity contribution in [3.8, 4) is 22.8 Å². The number of aliphatic hydroxyl groups is 4. The van der Waals surface area contributed by atoms with E-state index in [1.807, 2.05) is 0 Å². The van der Waals surface area contributed by atoms with Crippen LogP contribution >= 0.6 is 0 Å². The summed E-state index contributed by atoms with van der Waals surface area (Å²) in [6, 6.07) is 15.6. The van der Waals surface area contributed by atoms with Gasteiger partial charge in [0.15, 0.2) is 11.6 Å². The number of nitrogens with two attached hydrogens (primary N) is 1. The van der Waals surface area contributed by atoms with Gasteiger partial charge >= 0.3 is 0 Å². The van der Waals surface area contributed by atoms with Gasteiger partial charge in [-0.3, -0.25) is 18.2 Å². The lowest BCUT2D eigenvalue weighted by molar-refractivity contribution is 0.279. The first-order chi connectivity index (χ1) is 33.4. The summed E-state index contributed by atoms with van der Waals surface area (Å²) >= 11 is 0. The lowest BCUT2D eigenvalue weighted by Gasteiger charge is -2.22. The van der Waals surface area contributed by atoms with Crippen molar-refractivity contribution in [1.82, 2.24) is 29.9 Å². The van der Waals surface area contributed by atoms with E-state index in [4.69, 9.17) is 5.73 Å². The molecule has 0 aliphatic carbocycles. The molecule has 27 nitrogen and oxygen atoms in total. The molecule has 31 heteroatoms. The molecule has 0 saturated carbocycles. The first kappa shape index (κ1) is 53.5. The number of aromatic nitrogens is 6. The molecule has 2 heterocycles. The molecule has 0 radical (unpaired) electrons. The molecule has 0 amide bonds. The highest BCUT2D eigenvalue weighted by atomic mass is 32.2. The maximum atomic E-state index is 13.0. The second-order valence-electron chi connectivity index (χ2n) is 14.7. The highest BCUT2D eigenvalue weighted by molar-refractivity contribution is 7.86. The monoisotopic (exact) mass is 1060 g/mol. The van der Waals surface area contributed by atoms with Gasteiger partial charge in [0.1, 0.15) is 9.79 Å². The predicted molar refractivity (Wildman–Crippen MR) is 255 cm³/mol. The van der Waals surface area contributed by atoms with E-state index in [0.29, 0.717) is 0 Å². The number of hydrogen-bond acceptors (Lipinski definition) is 23. The quantitative estimate of drug-likeness (QED) is 0.0258. The topological polar surface area (TPSA) is 432 Å². The number of rotatable bonds is 22. The van der Waals surface area contributed by atoms with E-state index >= 15 is 0 Å². The number of anilines is 7. The minimum atomic E-state index is -5.25. The fourth-order valence-electron chi connectivity index (χ4n) is 6.65. The van der Waals surface area contributed by atoms with E-state index in [2.05, 4.69) is 40.5 Å². The van der Waals surface area contributed by atoms with Crippen LogP contribution in [-0.2, 0) is 40.5 Å². The first-order valence-corrected chi connectivity index (χ1v) is 26.0. The smallest absolute Gasteiger partial charge is 0.297 e. The van der Waals surface area contributed by atoms with Crippen LogP contribution in [0.1, 0.15) is 11.1 Å². The summed E-state index contributed by atoms with van der Waals surface area (Å²) in [4.78, 5) is 26.0. The number of nitrogen functional groups attached to an aromatic ring is 1. The zero-order valence-corrected chi connectivity index (χ0v) is 39.7. The van der Waals surface area contributed by atoms with Gasteiger partial charge in [-0.05, 0) is 59.7 Å². The van der Waals surface area contributed by atoms with E-state index in [1.165, 1.54) is 52.3 Å². The molecule has 2 aromatic heterocycles. The highest BCUT2D eigenvalue weighted by Gasteiger charge is 2.26. The zero-order valence-electron chi connectivity index (χ0n) is 36.4. The molecule has 0 fully saturated rings. The Morgan fingerprint density at radius 2 is 0.958 bits per heavy atom. The second-order valence-corrected chi connectivity index (χ2v) is 20.3. The van der Waals surface area contributed by atoms with Crippen molar-refractivity contribution in [2.45, 2.75) is 19.6 Å². The Labute approximate surface area is 405 Å². The van der Waals surface area contributed by atoms with Crippen molar-refractivity contribution in [2.75, 3.05) is 78.8 Å². The van der Waals surface area contributed by atoms with Crippen molar-refractivity contribution in [2.24, 2.45) is 0 Å². The summed E-state index contributed by atoms with van der Waals surface area (Å²) < 4.78 is 139. The van der Waals surface area contributed by atoms with Crippen LogP contribution in [0.4, 0.5) is 40.9 Å². The van der Waals surface area contributed by atoms with Crippen LogP contribution in [0.5, 0.6) is 0 Å². The molecule has 0 bridgehead atoms.